The summed E-state index contributed by atoms with van der Waals surface area (Å²) >= 11 is 34.3. The van der Waals surface area contributed by atoms with Gasteiger partial charge in [-0.2, -0.15) is 4.90 Å². The number of halogens is 5. The van der Waals surface area contributed by atoms with E-state index in [1.807, 2.05) is 100 Å². The zero-order chi connectivity index (χ0) is 86.9. The van der Waals surface area contributed by atoms with Crippen molar-refractivity contribution >= 4 is 216 Å². The Hall–Kier alpha value is -4.00. The van der Waals surface area contributed by atoms with Crippen LogP contribution in [0, 0.1) is 35.5 Å². The number of fused-ring (bicyclic) bond motifs is 4. The molecule has 21 nitrogen and oxygen atoms in total. The van der Waals surface area contributed by atoms with Crippen molar-refractivity contribution in [3.63, 3.8) is 0 Å². The van der Waals surface area contributed by atoms with Crippen LogP contribution in [-0.4, -0.2) is 194 Å². The maximum atomic E-state index is 13.5. The number of Topliss-reactive ketones (excluding diaryl/α,β-unsaturated/α-hetero) is 2. The van der Waals surface area contributed by atoms with E-state index < -0.39 is 39.7 Å². The molecule has 2 unspecified atom stereocenters. The maximum absolute atomic E-state index is 13.5. The number of imide groups is 1. The Balaban J connectivity index is 0.000000132. The number of thiophene rings is 5. The average molecular weight is 2150 g/mol. The third kappa shape index (κ3) is 23.9. The molecule has 660 valence electrons. The molecule has 8 aromatic rings. The highest BCUT2D eigenvalue weighted by molar-refractivity contribution is 9.11. The summed E-state index contributed by atoms with van der Waals surface area (Å²) in [5.74, 6) is 1.36. The summed E-state index contributed by atoms with van der Waals surface area (Å²) in [5, 5.41) is 45.4. The molecule has 0 radical (unpaired) electrons. The molecule has 3 aromatic carbocycles. The number of amides is 2. The van der Waals surface area contributed by atoms with E-state index in [9.17, 15) is 34.5 Å². The van der Waals surface area contributed by atoms with Gasteiger partial charge in [-0.25, -0.2) is 9.79 Å². The van der Waals surface area contributed by atoms with E-state index in [-0.39, 0.29) is 72.1 Å². The lowest BCUT2D eigenvalue weighted by atomic mass is 9.68. The number of ether oxygens (including phenoxy) is 8. The molecule has 7 saturated heterocycles. The number of aliphatic hydroxyl groups excluding tert-OH is 3. The molecule has 2 amide bonds. The Morgan fingerprint density at radius 1 is 0.561 bits per heavy atom. The van der Waals surface area contributed by atoms with Crippen LogP contribution in [0.4, 0.5) is 4.79 Å². The fraction of sp³-hybridized carbons (Fsp3) is 0.483. The molecular formula is C89H100Br5N5O16S8. The molecule has 5 N–H and O–H groups in total. The summed E-state index contributed by atoms with van der Waals surface area (Å²) in [5.41, 5.74) is 6.49. The quantitative estimate of drug-likeness (QED) is 0.0517. The van der Waals surface area contributed by atoms with Crippen molar-refractivity contribution < 1.29 is 77.2 Å². The number of aliphatic imine (C=N–C) groups is 2. The van der Waals surface area contributed by atoms with Crippen LogP contribution < -0.4 is 5.73 Å². The molecule has 0 spiro atoms. The molecule has 10 aliphatic rings. The van der Waals surface area contributed by atoms with E-state index in [0.29, 0.717) is 117 Å². The van der Waals surface area contributed by atoms with Crippen LogP contribution in [0.5, 0.6) is 0 Å². The average Bonchev–Trinajstić information content (AvgIpc) is 1.72. The molecule has 12 atom stereocenters. The predicted molar refractivity (Wildman–Crippen MR) is 512 cm³/mol. The maximum Gasteiger partial charge on any atom is 0.423 e. The highest BCUT2D eigenvalue weighted by Crippen LogP contribution is 2.54. The zero-order valence-electron chi connectivity index (χ0n) is 68.2. The molecule has 123 heavy (non-hydrogen) atoms. The van der Waals surface area contributed by atoms with Crippen LogP contribution in [0.3, 0.4) is 0 Å². The smallest absolute Gasteiger partial charge is 0.423 e. The van der Waals surface area contributed by atoms with Crippen LogP contribution in [0.25, 0.3) is 0 Å². The Morgan fingerprint density at radius 3 is 1.66 bits per heavy atom. The van der Waals surface area contributed by atoms with Gasteiger partial charge in [-0.15, -0.1) is 56.7 Å². The summed E-state index contributed by atoms with van der Waals surface area (Å²) in [4.78, 5) is 74.7. The molecule has 10 aliphatic heterocycles. The van der Waals surface area contributed by atoms with E-state index in [1.54, 1.807) is 90.4 Å². The highest BCUT2D eigenvalue weighted by Gasteiger charge is 2.53. The minimum absolute atomic E-state index is 0.00296. The van der Waals surface area contributed by atoms with Crippen LogP contribution in [0.1, 0.15) is 134 Å². The molecule has 0 aliphatic carbocycles. The lowest BCUT2D eigenvalue weighted by Gasteiger charge is -2.45. The Kier molecular flexibility index (Phi) is 35.1. The van der Waals surface area contributed by atoms with Gasteiger partial charge in [0.15, 0.2) is 16.7 Å². The summed E-state index contributed by atoms with van der Waals surface area (Å²) in [7, 11) is 0. The number of carbonyl (C=O) groups is 4. The van der Waals surface area contributed by atoms with Crippen LogP contribution in [0.15, 0.2) is 186 Å². The Morgan fingerprint density at radius 2 is 1.07 bits per heavy atom. The van der Waals surface area contributed by atoms with Crippen LogP contribution >= 0.6 is 172 Å². The first-order chi connectivity index (χ1) is 59.3. The first-order valence-corrected chi connectivity index (χ1v) is 51.3. The van der Waals surface area contributed by atoms with Crippen molar-refractivity contribution in [2.75, 3.05) is 118 Å². The summed E-state index contributed by atoms with van der Waals surface area (Å²) in [6, 6.07) is 37.8. The Bertz CT molecular complexity index is 4970. The summed E-state index contributed by atoms with van der Waals surface area (Å²) < 4.78 is 49.7. The highest BCUT2D eigenvalue weighted by atomic mass is 79.9. The largest absolute Gasteiger partial charge is 0.443 e. The Labute approximate surface area is 793 Å². The van der Waals surface area contributed by atoms with Gasteiger partial charge in [0.1, 0.15) is 28.7 Å². The van der Waals surface area contributed by atoms with Gasteiger partial charge in [-0.1, -0.05) is 120 Å². The number of thiocarbonyl (C=S) groups is 1. The van der Waals surface area contributed by atoms with Gasteiger partial charge in [0, 0.05) is 207 Å². The summed E-state index contributed by atoms with van der Waals surface area (Å²) in [6.07, 6.45) is 5.40. The van der Waals surface area contributed by atoms with E-state index in [0.717, 1.165) is 114 Å². The number of rotatable bonds is 16. The minimum atomic E-state index is -0.746. The van der Waals surface area contributed by atoms with Crippen molar-refractivity contribution in [3.8, 4) is 0 Å². The van der Waals surface area contributed by atoms with Crippen molar-refractivity contribution in [1.29, 1.82) is 0 Å². The van der Waals surface area contributed by atoms with Crippen molar-refractivity contribution in [2.24, 2.45) is 56.4 Å². The molecule has 18 rings (SSSR count). The topological polar surface area (TPSA) is 278 Å². The number of amidine groups is 1. The van der Waals surface area contributed by atoms with Gasteiger partial charge in [-0.05, 0) is 169 Å². The van der Waals surface area contributed by atoms with Crippen LogP contribution in [-0.2, 0) is 70.2 Å². The van der Waals surface area contributed by atoms with Gasteiger partial charge in [0.2, 0.25) is 0 Å². The number of nitrogens with two attached hydrogens (primary N) is 1. The lowest BCUT2D eigenvalue weighted by molar-refractivity contribution is -0.0314. The first kappa shape index (κ1) is 96.6. The lowest BCUT2D eigenvalue weighted by Crippen LogP contribution is -2.51. The number of thioether (sulfide) groups is 2. The van der Waals surface area contributed by atoms with Crippen molar-refractivity contribution in [2.45, 2.75) is 117 Å². The third-order valence-electron chi connectivity index (χ3n) is 23.5. The molecule has 5 aromatic heterocycles. The first-order valence-electron chi connectivity index (χ1n) is 40.7. The normalized spacial score (nSPS) is 27.4. The second-order valence-electron chi connectivity index (χ2n) is 32.5. The van der Waals surface area contributed by atoms with Gasteiger partial charge < -0.3 is 63.8 Å². The SMILES string of the molecule is Brc1csc([C@]23CCOC[C@H]2COC3)c1.C1CC2=NOCC2CO1.CC(C)(C)OC(=O)N(C(=O)c1ccccc1)C1=N[C@@]2(c3cc(Br)cs3)CCOC[C@H]2CS1.N[C@@]1(c2cc(Br)cs2)CCOC[C@H]1CO.O=C(CC(=S)C[C@@]1(c2cc(Br)cs2)CCOC[C@H]1CO)c1ccccc1.O=C(CC1=N[C@@]2(c3cc(Br)cs3)CCOC[C@H]2C(O)S1)c1ccccc1. The van der Waals surface area contributed by atoms with Gasteiger partial charge in [0.05, 0.1) is 94.7 Å². The molecule has 34 heteroatoms. The predicted octanol–water partition coefficient (Wildman–Crippen LogP) is 20.1. The van der Waals surface area contributed by atoms with E-state index in [4.69, 9.17) is 70.7 Å². The van der Waals surface area contributed by atoms with Gasteiger partial charge in [-0.3, -0.25) is 19.4 Å². The third-order valence-corrected chi connectivity index (χ3v) is 35.3. The monoisotopic (exact) mass is 2150 g/mol. The fourth-order valence-corrected chi connectivity index (χ4v) is 27.9. The van der Waals surface area contributed by atoms with Crippen LogP contribution in [0.2, 0.25) is 0 Å². The molecule has 7 fully saturated rings. The number of hydrogen-bond donors (Lipinski definition) is 4. The van der Waals surface area contributed by atoms with E-state index in [2.05, 4.69) is 120 Å². The minimum Gasteiger partial charge on any atom is -0.443 e. The summed E-state index contributed by atoms with van der Waals surface area (Å²) in [6.45, 7) is 15.9. The molecule has 0 saturated carbocycles. The number of nitrogens with zero attached hydrogens (tertiary/aromatic N) is 4. The van der Waals surface area contributed by atoms with Crippen molar-refractivity contribution in [1.82, 2.24) is 4.90 Å². The van der Waals surface area contributed by atoms with Gasteiger partial charge in [0.25, 0.3) is 5.91 Å². The van der Waals surface area contributed by atoms with Gasteiger partial charge >= 0.3 is 6.09 Å². The number of carbonyl (C=O) groups excluding carboxylic acids is 4. The standard InChI is InChI=1S/C23H25BrN2O4S2.C20H21BrO3S2.C19H18BrNO3S2.C11H13BrO2S.C10H14BrNO2S.C6H9NO2/c1-22(2,3)30-21(28)26(19(27)15-7-5-4-6-8-15)20-25-23(18-11-17(24)14-31-18)9-10-29-12-16(23)13-32-20;21-16-8-19(26-13-16)20(6-7-24-12-15(20)11-22)10-17(25)9-18(23)14-4-2-1-3-5-14;20-13-8-16(25-11-13)19-6-7-24-10-14(19)18(23)26-17(21-19)9-15(22)12-4-2-1-3-5-12;12-9-3-10(15-6-9)11-1-2-13-4-8(11)5-14-7-11;11-8-3-9(15-6-8)10(12)1-2-14-5-7(10)4-13;1-2-8-3-5-4-9-7-6(1)5/h4-8,11,14,16H,9-10,12-13H2,1-3H3;1-5,8,13,15,22H,6-7,9-12H2;1-5,8,11,14,18,23H,6-7,9-10H2;3,6,8H,1-2,4-5,7H2;3,6-7,13H,1-2,4-5,12H2;5H,1-4H2/t16-,23-;15-,20+;14-,18?,19-;8-,11-;7-,10+;/m01001./s1. The fourth-order valence-electron chi connectivity index (χ4n) is 16.6. The van der Waals surface area contributed by atoms with E-state index >= 15 is 0 Å². The van der Waals surface area contributed by atoms with E-state index in [1.165, 1.54) is 43.5 Å². The zero-order valence-corrected chi connectivity index (χ0v) is 82.7. The second kappa shape index (κ2) is 44.7. The second-order valence-corrected chi connectivity index (χ2v) is 44.4. The molecular weight excluding hydrogens is 2050 g/mol. The molecule has 0 bridgehead atoms. The number of ketones is 2. The number of hydrogen-bond acceptors (Lipinski definition) is 28. The number of benzene rings is 3. The number of oxime groups is 1. The number of aliphatic hydroxyl groups is 3. The van der Waals surface area contributed by atoms with Crippen molar-refractivity contribution in [3.05, 3.63) is 212 Å². The molecule has 15 heterocycles.